The van der Waals surface area contributed by atoms with Crippen molar-refractivity contribution in [3.63, 3.8) is 0 Å². The minimum atomic E-state index is -3.26. The highest BCUT2D eigenvalue weighted by Gasteiger charge is 2.25. The highest BCUT2D eigenvalue weighted by molar-refractivity contribution is 7.99. The Hall–Kier alpha value is -0.520. The van der Waals surface area contributed by atoms with Gasteiger partial charge in [-0.25, -0.2) is 8.42 Å². The fourth-order valence-electron chi connectivity index (χ4n) is 1.65. The molecule has 0 bridgehead atoms. The van der Waals surface area contributed by atoms with Crippen LogP contribution in [-0.2, 0) is 10.0 Å². The van der Waals surface area contributed by atoms with Gasteiger partial charge in [-0.15, -0.1) is 0 Å². The van der Waals surface area contributed by atoms with Crippen LogP contribution in [0.1, 0.15) is 5.56 Å². The smallest absolute Gasteiger partial charge is 0.207 e. The van der Waals surface area contributed by atoms with Gasteiger partial charge in [0.25, 0.3) is 0 Å². The lowest BCUT2D eigenvalue weighted by atomic mass is 10.2. The van der Waals surface area contributed by atoms with Crippen molar-refractivity contribution in [3.8, 4) is 0 Å². The van der Waals surface area contributed by atoms with E-state index in [9.17, 15) is 8.42 Å². The molecular formula is C11H15NO2S2. The van der Waals surface area contributed by atoms with Gasteiger partial charge in [-0.05, 0) is 19.1 Å². The first kappa shape index (κ1) is 12.0. The maximum Gasteiger partial charge on any atom is 0.243 e. The van der Waals surface area contributed by atoms with Crippen molar-refractivity contribution in [2.75, 3.05) is 24.6 Å². The average molecular weight is 257 g/mol. The first-order chi connectivity index (χ1) is 7.60. The number of rotatable bonds is 2. The van der Waals surface area contributed by atoms with Gasteiger partial charge in [-0.1, -0.05) is 17.7 Å². The van der Waals surface area contributed by atoms with Crippen molar-refractivity contribution in [3.05, 3.63) is 29.8 Å². The van der Waals surface area contributed by atoms with E-state index in [1.165, 1.54) is 0 Å². The monoisotopic (exact) mass is 257 g/mol. The van der Waals surface area contributed by atoms with Gasteiger partial charge in [0.05, 0.1) is 4.90 Å². The number of hydrogen-bond acceptors (Lipinski definition) is 3. The molecule has 1 aliphatic heterocycles. The highest BCUT2D eigenvalue weighted by atomic mass is 32.2. The second-order valence-electron chi connectivity index (χ2n) is 3.83. The Morgan fingerprint density at radius 2 is 1.69 bits per heavy atom. The number of sulfonamides is 1. The third-order valence-electron chi connectivity index (χ3n) is 2.63. The van der Waals surface area contributed by atoms with Crippen molar-refractivity contribution in [2.45, 2.75) is 11.8 Å². The van der Waals surface area contributed by atoms with Crippen LogP contribution in [0.3, 0.4) is 0 Å². The lowest BCUT2D eigenvalue weighted by molar-refractivity contribution is 0.443. The molecule has 1 heterocycles. The topological polar surface area (TPSA) is 37.4 Å². The third-order valence-corrected chi connectivity index (χ3v) is 5.48. The Morgan fingerprint density at radius 1 is 1.12 bits per heavy atom. The van der Waals surface area contributed by atoms with E-state index in [0.29, 0.717) is 18.0 Å². The fraction of sp³-hybridized carbons (Fsp3) is 0.455. The molecule has 16 heavy (non-hydrogen) atoms. The van der Waals surface area contributed by atoms with Crippen molar-refractivity contribution in [2.24, 2.45) is 0 Å². The molecule has 0 radical (unpaired) electrons. The van der Waals surface area contributed by atoms with Gasteiger partial charge in [0.15, 0.2) is 0 Å². The minimum absolute atomic E-state index is 0.407. The Morgan fingerprint density at radius 3 is 2.25 bits per heavy atom. The van der Waals surface area contributed by atoms with Gasteiger partial charge in [0, 0.05) is 24.6 Å². The number of benzene rings is 1. The zero-order valence-electron chi connectivity index (χ0n) is 9.22. The van der Waals surface area contributed by atoms with E-state index in [0.717, 1.165) is 17.1 Å². The Kier molecular flexibility index (Phi) is 3.56. The van der Waals surface area contributed by atoms with E-state index in [4.69, 9.17) is 0 Å². The summed E-state index contributed by atoms with van der Waals surface area (Å²) in [6, 6.07) is 7.05. The average Bonchev–Trinajstić information content (AvgIpc) is 2.31. The summed E-state index contributed by atoms with van der Waals surface area (Å²) in [5.41, 5.74) is 1.08. The summed E-state index contributed by atoms with van der Waals surface area (Å²) in [6.45, 7) is 3.20. The van der Waals surface area contributed by atoms with Crippen molar-refractivity contribution < 1.29 is 8.42 Å². The molecule has 1 aromatic carbocycles. The zero-order chi connectivity index (χ0) is 11.6. The second kappa shape index (κ2) is 4.77. The normalized spacial score (nSPS) is 18.6. The third kappa shape index (κ3) is 2.42. The van der Waals surface area contributed by atoms with E-state index in [1.54, 1.807) is 28.2 Å². The summed E-state index contributed by atoms with van der Waals surface area (Å²) < 4.78 is 26.0. The zero-order valence-corrected chi connectivity index (χ0v) is 10.9. The van der Waals surface area contributed by atoms with Gasteiger partial charge in [0.2, 0.25) is 10.0 Å². The summed E-state index contributed by atoms with van der Waals surface area (Å²) in [7, 11) is -3.26. The van der Waals surface area contributed by atoms with E-state index in [2.05, 4.69) is 0 Å². The predicted octanol–water partition coefficient (Wildman–Crippen LogP) is 1.73. The molecule has 5 heteroatoms. The summed E-state index contributed by atoms with van der Waals surface area (Å²) in [5, 5.41) is 0. The van der Waals surface area contributed by atoms with Gasteiger partial charge in [-0.2, -0.15) is 16.1 Å². The second-order valence-corrected chi connectivity index (χ2v) is 6.99. The Bertz CT molecular complexity index is 447. The molecular weight excluding hydrogens is 242 g/mol. The SMILES string of the molecule is Cc1ccc(S(=O)(=O)N2CCSCC2)cc1. The van der Waals surface area contributed by atoms with E-state index in [-0.39, 0.29) is 0 Å². The van der Waals surface area contributed by atoms with E-state index < -0.39 is 10.0 Å². The van der Waals surface area contributed by atoms with Crippen molar-refractivity contribution >= 4 is 21.8 Å². The minimum Gasteiger partial charge on any atom is -0.207 e. The van der Waals surface area contributed by atoms with Crippen LogP contribution in [0, 0.1) is 6.92 Å². The van der Waals surface area contributed by atoms with Gasteiger partial charge in [0.1, 0.15) is 0 Å². The van der Waals surface area contributed by atoms with Gasteiger partial charge in [-0.3, -0.25) is 0 Å². The molecule has 1 aliphatic rings. The molecule has 3 nitrogen and oxygen atoms in total. The van der Waals surface area contributed by atoms with Crippen LogP contribution in [0.2, 0.25) is 0 Å². The number of thioether (sulfide) groups is 1. The maximum absolute atomic E-state index is 12.2. The first-order valence-electron chi connectivity index (χ1n) is 5.25. The molecule has 0 saturated carbocycles. The van der Waals surface area contributed by atoms with Crippen molar-refractivity contribution in [1.29, 1.82) is 0 Å². The van der Waals surface area contributed by atoms with Gasteiger partial charge >= 0.3 is 0 Å². The molecule has 0 aliphatic carbocycles. The van der Waals surface area contributed by atoms with Gasteiger partial charge < -0.3 is 0 Å². The summed E-state index contributed by atoms with van der Waals surface area (Å²) in [4.78, 5) is 0.407. The molecule has 0 amide bonds. The molecule has 2 rings (SSSR count). The molecule has 1 aromatic rings. The quantitative estimate of drug-likeness (QED) is 0.810. The summed E-state index contributed by atoms with van der Waals surface area (Å²) >= 11 is 1.81. The molecule has 1 fully saturated rings. The number of aryl methyl sites for hydroxylation is 1. The Labute approximate surface area is 101 Å². The largest absolute Gasteiger partial charge is 0.243 e. The standard InChI is InChI=1S/C11H15NO2S2/c1-10-2-4-11(5-3-10)16(13,14)12-6-8-15-9-7-12/h2-5H,6-9H2,1H3. The predicted molar refractivity (Wildman–Crippen MR) is 67.3 cm³/mol. The van der Waals surface area contributed by atoms with E-state index >= 15 is 0 Å². The molecule has 0 N–H and O–H groups in total. The van der Waals surface area contributed by atoms with Crippen LogP contribution in [0.25, 0.3) is 0 Å². The lowest BCUT2D eigenvalue weighted by Gasteiger charge is -2.25. The molecule has 88 valence electrons. The number of nitrogens with zero attached hydrogens (tertiary/aromatic N) is 1. The molecule has 0 aromatic heterocycles. The van der Waals surface area contributed by atoms with Crippen LogP contribution in [-0.4, -0.2) is 37.3 Å². The highest BCUT2D eigenvalue weighted by Crippen LogP contribution is 2.20. The van der Waals surface area contributed by atoms with Crippen LogP contribution in [0.5, 0.6) is 0 Å². The first-order valence-corrected chi connectivity index (χ1v) is 7.85. The number of hydrogen-bond donors (Lipinski definition) is 0. The summed E-state index contributed by atoms with van der Waals surface area (Å²) in [6.07, 6.45) is 0. The fourth-order valence-corrected chi connectivity index (χ4v) is 4.22. The summed E-state index contributed by atoms with van der Waals surface area (Å²) in [5.74, 6) is 1.79. The molecule has 0 unspecified atom stereocenters. The van der Waals surface area contributed by atoms with E-state index in [1.807, 2.05) is 19.1 Å². The van der Waals surface area contributed by atoms with Crippen LogP contribution in [0.15, 0.2) is 29.2 Å². The van der Waals surface area contributed by atoms with Crippen molar-refractivity contribution in [1.82, 2.24) is 4.31 Å². The van der Waals surface area contributed by atoms with Crippen LogP contribution >= 0.6 is 11.8 Å². The van der Waals surface area contributed by atoms with Crippen LogP contribution in [0.4, 0.5) is 0 Å². The molecule has 1 saturated heterocycles. The Balaban J connectivity index is 2.27. The molecule has 0 atom stereocenters. The molecule has 0 spiro atoms. The maximum atomic E-state index is 12.2. The lowest BCUT2D eigenvalue weighted by Crippen LogP contribution is -2.37. The van der Waals surface area contributed by atoms with Crippen LogP contribution < -0.4 is 0 Å².